The molecule has 1 aliphatic heterocycles. The number of sulfone groups is 1. The Hall–Kier alpha value is -1.73. The fourth-order valence-corrected chi connectivity index (χ4v) is 3.97. The fraction of sp³-hybridized carbons (Fsp3) is 0.385. The van der Waals surface area contributed by atoms with Crippen LogP contribution in [0.25, 0.3) is 0 Å². The predicted molar refractivity (Wildman–Crippen MR) is 73.6 cm³/mol. The molecule has 0 N–H and O–H groups in total. The lowest BCUT2D eigenvalue weighted by Crippen LogP contribution is -2.26. The number of aryl methyl sites for hydroxylation is 1. The maximum atomic E-state index is 12.3. The van der Waals surface area contributed by atoms with Crippen molar-refractivity contribution >= 4 is 9.84 Å². The summed E-state index contributed by atoms with van der Waals surface area (Å²) in [6, 6.07) is 7.23. The Labute approximate surface area is 117 Å². The third kappa shape index (κ3) is 2.46. The molecule has 0 fully saturated rings. The molecule has 0 saturated heterocycles. The van der Waals surface area contributed by atoms with Gasteiger partial charge in [-0.15, -0.1) is 5.10 Å². The molecule has 0 amide bonds. The van der Waals surface area contributed by atoms with E-state index < -0.39 is 9.84 Å². The molecule has 0 radical (unpaired) electrons. The van der Waals surface area contributed by atoms with E-state index >= 15 is 0 Å². The van der Waals surface area contributed by atoms with E-state index in [-0.39, 0.29) is 5.75 Å². The maximum absolute atomic E-state index is 12.3. The van der Waals surface area contributed by atoms with Gasteiger partial charge < -0.3 is 0 Å². The minimum Gasteiger partial charge on any atom is -0.292 e. The summed E-state index contributed by atoms with van der Waals surface area (Å²) in [4.78, 5) is 2.58. The Morgan fingerprint density at radius 3 is 2.85 bits per heavy atom. The van der Waals surface area contributed by atoms with Gasteiger partial charge >= 0.3 is 0 Å². The lowest BCUT2D eigenvalue weighted by Gasteiger charge is -2.19. The lowest BCUT2D eigenvalue weighted by molar-refractivity contribution is 0.266. The number of aromatic nitrogens is 3. The molecule has 0 bridgehead atoms. The van der Waals surface area contributed by atoms with Gasteiger partial charge in [-0.3, -0.25) is 9.58 Å². The highest BCUT2D eigenvalue weighted by atomic mass is 32.2. The molecule has 7 heteroatoms. The minimum absolute atomic E-state index is 0.148. The van der Waals surface area contributed by atoms with E-state index in [1.165, 1.54) is 0 Å². The van der Waals surface area contributed by atoms with Gasteiger partial charge in [0.25, 0.3) is 0 Å². The zero-order valence-corrected chi connectivity index (χ0v) is 12.0. The van der Waals surface area contributed by atoms with Crippen LogP contribution in [0.4, 0.5) is 0 Å². The van der Waals surface area contributed by atoms with E-state index in [0.29, 0.717) is 24.5 Å². The van der Waals surface area contributed by atoms with Gasteiger partial charge in [0, 0.05) is 26.7 Å². The van der Waals surface area contributed by atoms with Crippen molar-refractivity contribution in [2.45, 2.75) is 18.0 Å². The van der Waals surface area contributed by atoms with Crippen LogP contribution in [0.3, 0.4) is 0 Å². The highest BCUT2D eigenvalue weighted by molar-refractivity contribution is 7.91. The zero-order valence-electron chi connectivity index (χ0n) is 11.2. The van der Waals surface area contributed by atoms with Crippen LogP contribution in [-0.2, 0) is 30.0 Å². The van der Waals surface area contributed by atoms with Crippen molar-refractivity contribution < 1.29 is 8.42 Å². The van der Waals surface area contributed by atoms with Gasteiger partial charge in [-0.2, -0.15) is 0 Å². The van der Waals surface area contributed by atoms with E-state index in [0.717, 1.165) is 11.3 Å². The highest BCUT2D eigenvalue weighted by Gasteiger charge is 2.25. The summed E-state index contributed by atoms with van der Waals surface area (Å²) in [5.74, 6) is 0.148. The maximum Gasteiger partial charge on any atom is 0.179 e. The van der Waals surface area contributed by atoms with Crippen LogP contribution in [0.5, 0.6) is 0 Å². The van der Waals surface area contributed by atoms with Crippen LogP contribution in [0.1, 0.15) is 11.3 Å². The molecule has 0 aliphatic carbocycles. The normalized spacial score (nSPS) is 18.4. The summed E-state index contributed by atoms with van der Waals surface area (Å²) in [6.07, 6.45) is 1.71. The van der Waals surface area contributed by atoms with E-state index in [9.17, 15) is 8.42 Å². The molecular weight excluding hydrogens is 276 g/mol. The summed E-state index contributed by atoms with van der Waals surface area (Å²) >= 11 is 0. The van der Waals surface area contributed by atoms with Gasteiger partial charge in [0.15, 0.2) is 9.84 Å². The number of hydrogen-bond donors (Lipinski definition) is 0. The SMILES string of the molecule is Cn1nncc1CN1CCS(=O)(=O)c2ccccc2C1. The Kier molecular flexibility index (Phi) is 3.31. The fourth-order valence-electron chi connectivity index (χ4n) is 2.44. The van der Waals surface area contributed by atoms with Crippen molar-refractivity contribution in [2.75, 3.05) is 12.3 Å². The third-order valence-corrected chi connectivity index (χ3v) is 5.36. The summed E-state index contributed by atoms with van der Waals surface area (Å²) in [5, 5.41) is 7.75. The first-order chi connectivity index (χ1) is 9.56. The van der Waals surface area contributed by atoms with Gasteiger partial charge in [-0.25, -0.2) is 8.42 Å². The van der Waals surface area contributed by atoms with Crippen LogP contribution in [0, 0.1) is 0 Å². The van der Waals surface area contributed by atoms with Gasteiger partial charge in [0.1, 0.15) is 0 Å². The topological polar surface area (TPSA) is 68.1 Å². The summed E-state index contributed by atoms with van der Waals surface area (Å²) < 4.78 is 26.2. The van der Waals surface area contributed by atoms with E-state index in [4.69, 9.17) is 0 Å². The Balaban J connectivity index is 1.90. The molecule has 3 rings (SSSR count). The average molecular weight is 292 g/mol. The first kappa shape index (κ1) is 13.3. The number of benzene rings is 1. The van der Waals surface area contributed by atoms with E-state index in [1.54, 1.807) is 23.0 Å². The number of fused-ring (bicyclic) bond motifs is 1. The van der Waals surface area contributed by atoms with Crippen LogP contribution < -0.4 is 0 Å². The number of nitrogens with zero attached hydrogens (tertiary/aromatic N) is 4. The van der Waals surface area contributed by atoms with Crippen molar-refractivity contribution in [3.63, 3.8) is 0 Å². The van der Waals surface area contributed by atoms with Gasteiger partial charge in [-0.05, 0) is 11.6 Å². The molecule has 1 aliphatic rings. The molecule has 20 heavy (non-hydrogen) atoms. The molecular formula is C13H16N4O2S. The molecule has 2 heterocycles. The third-order valence-electron chi connectivity index (χ3n) is 3.57. The molecule has 0 atom stereocenters. The van der Waals surface area contributed by atoms with Crippen LogP contribution in [0.15, 0.2) is 35.4 Å². The number of hydrogen-bond acceptors (Lipinski definition) is 5. The quantitative estimate of drug-likeness (QED) is 0.811. The van der Waals surface area contributed by atoms with Crippen molar-refractivity contribution in [3.05, 3.63) is 41.7 Å². The molecule has 0 unspecified atom stereocenters. The van der Waals surface area contributed by atoms with Gasteiger partial charge in [0.2, 0.25) is 0 Å². The Morgan fingerprint density at radius 2 is 2.10 bits per heavy atom. The average Bonchev–Trinajstić information content (AvgIpc) is 2.76. The Morgan fingerprint density at radius 1 is 1.30 bits per heavy atom. The molecule has 6 nitrogen and oxygen atoms in total. The van der Waals surface area contributed by atoms with Crippen molar-refractivity contribution in [1.29, 1.82) is 0 Å². The largest absolute Gasteiger partial charge is 0.292 e. The van der Waals surface area contributed by atoms with Crippen LogP contribution >= 0.6 is 0 Å². The molecule has 1 aromatic heterocycles. The van der Waals surface area contributed by atoms with Gasteiger partial charge in [-0.1, -0.05) is 23.4 Å². The summed E-state index contributed by atoms with van der Waals surface area (Å²) in [7, 11) is -1.34. The van der Waals surface area contributed by atoms with Crippen molar-refractivity contribution in [3.8, 4) is 0 Å². The van der Waals surface area contributed by atoms with Crippen LogP contribution in [-0.4, -0.2) is 40.6 Å². The smallest absolute Gasteiger partial charge is 0.179 e. The van der Waals surface area contributed by atoms with Crippen LogP contribution in [0.2, 0.25) is 0 Å². The van der Waals surface area contributed by atoms with E-state index in [1.807, 2.05) is 19.2 Å². The van der Waals surface area contributed by atoms with Gasteiger partial charge in [0.05, 0.1) is 22.5 Å². The Bertz CT molecular complexity index is 723. The zero-order chi connectivity index (χ0) is 14.2. The summed E-state index contributed by atoms with van der Waals surface area (Å²) in [6.45, 7) is 1.79. The molecule has 0 saturated carbocycles. The lowest BCUT2D eigenvalue weighted by atomic mass is 10.2. The van der Waals surface area contributed by atoms with Crippen molar-refractivity contribution in [2.24, 2.45) is 7.05 Å². The van der Waals surface area contributed by atoms with Crippen molar-refractivity contribution in [1.82, 2.24) is 19.9 Å². The molecule has 2 aromatic rings. The molecule has 0 spiro atoms. The van der Waals surface area contributed by atoms with E-state index in [2.05, 4.69) is 15.2 Å². The highest BCUT2D eigenvalue weighted by Crippen LogP contribution is 2.23. The minimum atomic E-state index is -3.18. The predicted octanol–water partition coefficient (Wildman–Crippen LogP) is 0.605. The first-order valence-corrected chi connectivity index (χ1v) is 8.08. The standard InChI is InChI=1S/C13H16N4O2S/c1-16-12(8-14-15-16)10-17-6-7-20(18,19)13-5-3-2-4-11(13)9-17/h2-5,8H,6-7,9-10H2,1H3. The first-order valence-electron chi connectivity index (χ1n) is 6.43. The monoisotopic (exact) mass is 292 g/mol. The molecule has 106 valence electrons. The second-order valence-electron chi connectivity index (χ2n) is 4.99. The molecule has 1 aromatic carbocycles. The second kappa shape index (κ2) is 4.99. The summed E-state index contributed by atoms with van der Waals surface area (Å²) in [5.41, 5.74) is 1.84. The number of rotatable bonds is 2. The second-order valence-corrected chi connectivity index (χ2v) is 7.06.